The minimum absolute atomic E-state index is 0.264. The second-order valence-corrected chi connectivity index (χ2v) is 4.80. The lowest BCUT2D eigenvalue weighted by Crippen LogP contribution is -2.42. The third kappa shape index (κ3) is 12.5. The van der Waals surface area contributed by atoms with Crippen molar-refractivity contribution in [1.82, 2.24) is 5.32 Å². The number of rotatable bonds is 13. The Bertz CT molecular complexity index is 201. The maximum Gasteiger partial charge on any atom is 0.0897 e. The van der Waals surface area contributed by atoms with Crippen LogP contribution in [0.25, 0.3) is 0 Å². The predicted molar refractivity (Wildman–Crippen MR) is 73.3 cm³/mol. The van der Waals surface area contributed by atoms with Crippen molar-refractivity contribution in [2.45, 2.75) is 32.0 Å². The monoisotopic (exact) mass is 279 g/mol. The molecule has 0 heterocycles. The molecule has 0 saturated carbocycles. The molecular formula is C13H29NO5. The lowest BCUT2D eigenvalue weighted by molar-refractivity contribution is -0.000518. The van der Waals surface area contributed by atoms with Gasteiger partial charge in [0.05, 0.1) is 31.5 Å². The normalized spacial score (nSPS) is 16.3. The summed E-state index contributed by atoms with van der Waals surface area (Å²) in [5, 5.41) is 22.6. The van der Waals surface area contributed by atoms with Gasteiger partial charge in [-0.15, -0.1) is 0 Å². The SMILES string of the molecule is CCOCCOCC(O)CNCC(C)(O)CCOC. The van der Waals surface area contributed by atoms with Crippen molar-refractivity contribution in [3.8, 4) is 0 Å². The summed E-state index contributed by atoms with van der Waals surface area (Å²) in [6, 6.07) is 0. The summed E-state index contributed by atoms with van der Waals surface area (Å²) in [4.78, 5) is 0. The van der Waals surface area contributed by atoms with Gasteiger partial charge in [-0.2, -0.15) is 0 Å². The van der Waals surface area contributed by atoms with Crippen LogP contribution in [0.5, 0.6) is 0 Å². The Morgan fingerprint density at radius 3 is 2.53 bits per heavy atom. The van der Waals surface area contributed by atoms with E-state index in [0.717, 1.165) is 0 Å². The van der Waals surface area contributed by atoms with Crippen molar-refractivity contribution in [1.29, 1.82) is 0 Å². The van der Waals surface area contributed by atoms with Crippen LogP contribution >= 0.6 is 0 Å². The summed E-state index contributed by atoms with van der Waals surface area (Å²) in [7, 11) is 1.60. The average molecular weight is 279 g/mol. The van der Waals surface area contributed by atoms with Crippen molar-refractivity contribution in [3.63, 3.8) is 0 Å². The van der Waals surface area contributed by atoms with Gasteiger partial charge in [-0.25, -0.2) is 0 Å². The molecule has 116 valence electrons. The Morgan fingerprint density at radius 1 is 1.21 bits per heavy atom. The Labute approximate surface area is 116 Å². The Hall–Kier alpha value is -0.240. The summed E-state index contributed by atoms with van der Waals surface area (Å²) in [6.07, 6.45) is -0.0304. The zero-order valence-electron chi connectivity index (χ0n) is 12.4. The van der Waals surface area contributed by atoms with Gasteiger partial charge < -0.3 is 29.7 Å². The summed E-state index contributed by atoms with van der Waals surface area (Å²) in [5.74, 6) is 0. The average Bonchev–Trinajstić information content (AvgIpc) is 2.36. The first-order valence-corrected chi connectivity index (χ1v) is 6.77. The van der Waals surface area contributed by atoms with Crippen LogP contribution in [0.1, 0.15) is 20.3 Å². The van der Waals surface area contributed by atoms with Gasteiger partial charge in [0.2, 0.25) is 0 Å². The van der Waals surface area contributed by atoms with Crippen LogP contribution in [0.2, 0.25) is 0 Å². The van der Waals surface area contributed by atoms with E-state index in [1.807, 2.05) is 6.92 Å². The predicted octanol–water partition coefficient (Wildman–Crippen LogP) is -0.222. The van der Waals surface area contributed by atoms with Gasteiger partial charge in [-0.3, -0.25) is 0 Å². The van der Waals surface area contributed by atoms with Crippen LogP contribution in [0, 0.1) is 0 Å². The number of ether oxygens (including phenoxy) is 3. The Morgan fingerprint density at radius 2 is 1.89 bits per heavy atom. The van der Waals surface area contributed by atoms with E-state index in [2.05, 4.69) is 5.32 Å². The van der Waals surface area contributed by atoms with Gasteiger partial charge in [0, 0.05) is 39.8 Å². The van der Waals surface area contributed by atoms with Gasteiger partial charge in [0.15, 0.2) is 0 Å². The largest absolute Gasteiger partial charge is 0.389 e. The lowest BCUT2D eigenvalue weighted by Gasteiger charge is -2.24. The van der Waals surface area contributed by atoms with E-state index in [-0.39, 0.29) is 6.61 Å². The first-order valence-electron chi connectivity index (χ1n) is 6.77. The molecule has 0 aromatic heterocycles. The second-order valence-electron chi connectivity index (χ2n) is 4.80. The lowest BCUT2D eigenvalue weighted by atomic mass is 10.0. The van der Waals surface area contributed by atoms with E-state index >= 15 is 0 Å². The number of aliphatic hydroxyl groups excluding tert-OH is 1. The molecule has 0 amide bonds. The van der Waals surface area contributed by atoms with Crippen molar-refractivity contribution in [2.75, 3.05) is 53.2 Å². The van der Waals surface area contributed by atoms with Crippen molar-refractivity contribution >= 4 is 0 Å². The number of nitrogens with one attached hydrogen (secondary N) is 1. The van der Waals surface area contributed by atoms with E-state index < -0.39 is 11.7 Å². The maximum atomic E-state index is 9.96. The fourth-order valence-corrected chi connectivity index (χ4v) is 1.46. The smallest absolute Gasteiger partial charge is 0.0897 e. The maximum absolute atomic E-state index is 9.96. The molecule has 0 spiro atoms. The summed E-state index contributed by atoms with van der Waals surface area (Å²) < 4.78 is 15.3. The molecule has 2 atom stereocenters. The molecule has 6 nitrogen and oxygen atoms in total. The first-order chi connectivity index (χ1) is 9.02. The highest BCUT2D eigenvalue weighted by Crippen LogP contribution is 2.07. The molecule has 19 heavy (non-hydrogen) atoms. The number of hydrogen-bond acceptors (Lipinski definition) is 6. The zero-order chi connectivity index (χ0) is 14.6. The van der Waals surface area contributed by atoms with Gasteiger partial charge >= 0.3 is 0 Å². The van der Waals surface area contributed by atoms with Crippen molar-refractivity contribution in [3.05, 3.63) is 0 Å². The van der Waals surface area contributed by atoms with E-state index in [1.165, 1.54) is 0 Å². The molecule has 2 unspecified atom stereocenters. The van der Waals surface area contributed by atoms with Crippen LogP contribution in [0.3, 0.4) is 0 Å². The number of aliphatic hydroxyl groups is 2. The molecule has 0 saturated heterocycles. The molecule has 3 N–H and O–H groups in total. The van der Waals surface area contributed by atoms with E-state index in [9.17, 15) is 10.2 Å². The third-order valence-corrected chi connectivity index (χ3v) is 2.62. The van der Waals surface area contributed by atoms with Crippen molar-refractivity contribution in [2.24, 2.45) is 0 Å². The summed E-state index contributed by atoms with van der Waals surface area (Å²) in [6.45, 7) is 6.93. The van der Waals surface area contributed by atoms with Gasteiger partial charge in [0.25, 0.3) is 0 Å². The van der Waals surface area contributed by atoms with Crippen LogP contribution in [-0.4, -0.2) is 75.2 Å². The fraction of sp³-hybridized carbons (Fsp3) is 1.00. The molecule has 0 aliphatic heterocycles. The topological polar surface area (TPSA) is 80.2 Å². The highest BCUT2D eigenvalue weighted by molar-refractivity contribution is 4.76. The molecule has 0 fully saturated rings. The molecule has 0 bridgehead atoms. The quantitative estimate of drug-likeness (QED) is 0.404. The number of methoxy groups -OCH3 is 1. The highest BCUT2D eigenvalue weighted by Gasteiger charge is 2.19. The van der Waals surface area contributed by atoms with Crippen LogP contribution < -0.4 is 5.32 Å². The highest BCUT2D eigenvalue weighted by atomic mass is 16.5. The van der Waals surface area contributed by atoms with Crippen LogP contribution in [-0.2, 0) is 14.2 Å². The molecule has 0 rings (SSSR count). The van der Waals surface area contributed by atoms with Gasteiger partial charge in [0.1, 0.15) is 0 Å². The van der Waals surface area contributed by atoms with Gasteiger partial charge in [-0.05, 0) is 13.8 Å². The Balaban J connectivity index is 3.48. The van der Waals surface area contributed by atoms with E-state index in [1.54, 1.807) is 14.0 Å². The fourth-order valence-electron chi connectivity index (χ4n) is 1.46. The third-order valence-electron chi connectivity index (χ3n) is 2.62. The molecule has 0 aliphatic carbocycles. The second kappa shape index (κ2) is 11.6. The summed E-state index contributed by atoms with van der Waals surface area (Å²) in [5.41, 5.74) is -0.828. The standard InChI is InChI=1S/C13H29NO5/c1-4-18-7-8-19-10-12(15)9-14-11-13(2,16)5-6-17-3/h12,14-16H,4-11H2,1-3H3. The summed E-state index contributed by atoms with van der Waals surface area (Å²) >= 11 is 0. The molecular weight excluding hydrogens is 250 g/mol. The molecule has 6 heteroatoms. The van der Waals surface area contributed by atoms with E-state index in [4.69, 9.17) is 14.2 Å². The molecule has 0 aromatic rings. The number of hydrogen-bond donors (Lipinski definition) is 3. The Kier molecular flexibility index (Phi) is 11.4. The van der Waals surface area contributed by atoms with E-state index in [0.29, 0.717) is 45.9 Å². The van der Waals surface area contributed by atoms with Crippen LogP contribution in [0.15, 0.2) is 0 Å². The molecule has 0 radical (unpaired) electrons. The van der Waals surface area contributed by atoms with Crippen molar-refractivity contribution < 1.29 is 24.4 Å². The molecule has 0 aliphatic rings. The minimum atomic E-state index is -0.828. The molecule has 0 aromatic carbocycles. The van der Waals surface area contributed by atoms with Crippen LogP contribution in [0.4, 0.5) is 0 Å². The van der Waals surface area contributed by atoms with Gasteiger partial charge in [-0.1, -0.05) is 0 Å². The minimum Gasteiger partial charge on any atom is -0.389 e. The first kappa shape index (κ1) is 18.8. The zero-order valence-corrected chi connectivity index (χ0v) is 12.4.